The fourth-order valence-corrected chi connectivity index (χ4v) is 6.29. The van der Waals surface area contributed by atoms with Crippen molar-refractivity contribution in [2.24, 2.45) is 23.2 Å². The number of likely N-dealkylation sites (tertiary alicyclic amines) is 1. The van der Waals surface area contributed by atoms with Gasteiger partial charge in [0.1, 0.15) is 0 Å². The zero-order valence-corrected chi connectivity index (χ0v) is 16.4. The van der Waals surface area contributed by atoms with Gasteiger partial charge in [0.25, 0.3) is 0 Å². The Kier molecular flexibility index (Phi) is 4.28. The first-order valence-corrected chi connectivity index (χ1v) is 10.3. The van der Waals surface area contributed by atoms with E-state index < -0.39 is 0 Å². The molecule has 1 N–H and O–H groups in total. The van der Waals surface area contributed by atoms with Gasteiger partial charge < -0.3 is 5.11 Å². The van der Waals surface area contributed by atoms with Crippen LogP contribution in [0, 0.1) is 23.2 Å². The number of hydrogen-bond acceptors (Lipinski definition) is 2. The predicted octanol–water partition coefficient (Wildman–Crippen LogP) is 4.69. The van der Waals surface area contributed by atoms with Crippen molar-refractivity contribution in [2.45, 2.75) is 70.9 Å². The van der Waals surface area contributed by atoms with E-state index in [1.54, 1.807) is 0 Å². The maximum absolute atomic E-state index is 10.8. The first-order valence-electron chi connectivity index (χ1n) is 10.3. The second kappa shape index (κ2) is 6.09. The molecule has 138 valence electrons. The minimum atomic E-state index is -0.130. The third-order valence-corrected chi connectivity index (χ3v) is 8.07. The van der Waals surface area contributed by atoms with Gasteiger partial charge in [-0.15, -0.1) is 0 Å². The first-order chi connectivity index (χ1) is 11.8. The molecule has 3 fully saturated rings. The molecule has 0 radical (unpaired) electrons. The molecule has 1 heterocycles. The third kappa shape index (κ3) is 2.86. The van der Waals surface area contributed by atoms with E-state index in [4.69, 9.17) is 0 Å². The Morgan fingerprint density at radius 2 is 1.88 bits per heavy atom. The van der Waals surface area contributed by atoms with E-state index in [2.05, 4.69) is 62.9 Å². The van der Waals surface area contributed by atoms with Gasteiger partial charge in [0.2, 0.25) is 0 Å². The Morgan fingerprint density at radius 3 is 2.56 bits per heavy atom. The summed E-state index contributed by atoms with van der Waals surface area (Å²) in [5.74, 6) is 2.59. The number of benzene rings is 1. The maximum Gasteiger partial charge on any atom is 0.0588 e. The second-order valence-electron chi connectivity index (χ2n) is 10.1. The van der Waals surface area contributed by atoms with Crippen molar-refractivity contribution in [3.05, 3.63) is 35.9 Å². The molecular formula is C23H35NO. The first kappa shape index (κ1) is 17.5. The Balaban J connectivity index is 1.50. The van der Waals surface area contributed by atoms with E-state index in [0.717, 1.165) is 18.3 Å². The predicted molar refractivity (Wildman–Crippen MR) is 104 cm³/mol. The normalized spacial score (nSPS) is 42.0. The number of hydrogen-bond donors (Lipinski definition) is 1. The van der Waals surface area contributed by atoms with Crippen LogP contribution < -0.4 is 0 Å². The zero-order chi connectivity index (χ0) is 17.8. The molecule has 0 spiro atoms. The molecule has 0 unspecified atom stereocenters. The molecule has 25 heavy (non-hydrogen) atoms. The molecule has 0 bridgehead atoms. The van der Waals surface area contributed by atoms with Crippen LogP contribution in [0.2, 0.25) is 0 Å². The monoisotopic (exact) mass is 341 g/mol. The summed E-state index contributed by atoms with van der Waals surface area (Å²) in [6.45, 7) is 12.0. The van der Waals surface area contributed by atoms with Crippen LogP contribution >= 0.6 is 0 Å². The van der Waals surface area contributed by atoms with Crippen molar-refractivity contribution < 1.29 is 5.11 Å². The van der Waals surface area contributed by atoms with Gasteiger partial charge in [0, 0.05) is 24.5 Å². The summed E-state index contributed by atoms with van der Waals surface area (Å²) in [5, 5.41) is 10.8. The smallest absolute Gasteiger partial charge is 0.0588 e. The quantitative estimate of drug-likeness (QED) is 0.862. The number of aliphatic hydroxyl groups excluding tert-OH is 1. The molecule has 1 aromatic carbocycles. The van der Waals surface area contributed by atoms with E-state index in [1.807, 2.05) is 0 Å². The standard InChI is InChI=1S/C23H35NO/c1-16-10-11-19(21(25)12-16)22(2,3)24-14-20-18(13-23(20,4)15-24)17-8-6-5-7-9-17/h5-9,16,18-21,25H,10-15H2,1-4H3/t16-,18-,19-,20-,21-,23-/m1/s1. The molecule has 1 aromatic rings. The van der Waals surface area contributed by atoms with Crippen molar-refractivity contribution >= 4 is 0 Å². The van der Waals surface area contributed by atoms with Crippen LogP contribution in [0.1, 0.15) is 64.9 Å². The van der Waals surface area contributed by atoms with E-state index in [9.17, 15) is 5.11 Å². The highest BCUT2D eigenvalue weighted by Crippen LogP contribution is 2.61. The molecule has 2 aliphatic carbocycles. The minimum Gasteiger partial charge on any atom is -0.393 e. The van der Waals surface area contributed by atoms with Crippen LogP contribution in [0.4, 0.5) is 0 Å². The summed E-state index contributed by atoms with van der Waals surface area (Å²) in [5.41, 5.74) is 2.09. The van der Waals surface area contributed by atoms with Crippen molar-refractivity contribution in [3.8, 4) is 0 Å². The van der Waals surface area contributed by atoms with Gasteiger partial charge in [0.15, 0.2) is 0 Å². The van der Waals surface area contributed by atoms with Gasteiger partial charge in [-0.3, -0.25) is 4.90 Å². The van der Waals surface area contributed by atoms with Crippen LogP contribution in [-0.4, -0.2) is 34.7 Å². The van der Waals surface area contributed by atoms with Crippen LogP contribution in [-0.2, 0) is 0 Å². The average molecular weight is 342 g/mol. The number of rotatable bonds is 3. The number of aliphatic hydroxyl groups is 1. The second-order valence-corrected chi connectivity index (χ2v) is 10.1. The molecule has 1 aliphatic heterocycles. The molecule has 2 heteroatoms. The van der Waals surface area contributed by atoms with Crippen LogP contribution in [0.15, 0.2) is 30.3 Å². The topological polar surface area (TPSA) is 23.5 Å². The maximum atomic E-state index is 10.8. The molecule has 0 aromatic heterocycles. The minimum absolute atomic E-state index is 0.0984. The van der Waals surface area contributed by atoms with Crippen LogP contribution in [0.3, 0.4) is 0 Å². The molecule has 2 nitrogen and oxygen atoms in total. The van der Waals surface area contributed by atoms with E-state index >= 15 is 0 Å². The van der Waals surface area contributed by atoms with Gasteiger partial charge in [-0.25, -0.2) is 0 Å². The third-order valence-electron chi connectivity index (χ3n) is 8.07. The number of fused-ring (bicyclic) bond motifs is 1. The molecule has 1 saturated heterocycles. The average Bonchev–Trinajstić information content (AvgIpc) is 2.82. The summed E-state index contributed by atoms with van der Waals surface area (Å²) in [6.07, 6.45) is 4.62. The van der Waals surface area contributed by atoms with E-state index in [0.29, 0.717) is 17.3 Å². The van der Waals surface area contributed by atoms with Crippen molar-refractivity contribution in [1.29, 1.82) is 0 Å². The Hall–Kier alpha value is -0.860. The molecular weight excluding hydrogens is 306 g/mol. The highest BCUT2D eigenvalue weighted by molar-refractivity contribution is 5.27. The largest absolute Gasteiger partial charge is 0.393 e. The zero-order valence-electron chi connectivity index (χ0n) is 16.4. The SMILES string of the molecule is C[C@@H]1CC[C@@H](C(C)(C)N2C[C@@H]3[C@@H](c4ccccc4)C[C@]3(C)C2)[C@H](O)C1. The highest BCUT2D eigenvalue weighted by atomic mass is 16.3. The molecule has 4 rings (SSSR count). The van der Waals surface area contributed by atoms with Crippen molar-refractivity contribution in [1.82, 2.24) is 4.90 Å². The van der Waals surface area contributed by atoms with Crippen LogP contribution in [0.5, 0.6) is 0 Å². The summed E-state index contributed by atoms with van der Waals surface area (Å²) >= 11 is 0. The lowest BCUT2D eigenvalue weighted by atomic mass is 9.54. The summed E-state index contributed by atoms with van der Waals surface area (Å²) in [4.78, 5) is 2.73. The van der Waals surface area contributed by atoms with E-state index in [-0.39, 0.29) is 11.6 Å². The molecule has 3 aliphatic rings. The van der Waals surface area contributed by atoms with Crippen molar-refractivity contribution in [3.63, 3.8) is 0 Å². The Bertz CT molecular complexity index is 612. The molecule has 2 saturated carbocycles. The Morgan fingerprint density at radius 1 is 1.16 bits per heavy atom. The van der Waals surface area contributed by atoms with Gasteiger partial charge in [-0.05, 0) is 61.8 Å². The lowest BCUT2D eigenvalue weighted by molar-refractivity contribution is -0.0394. The lowest BCUT2D eigenvalue weighted by Crippen LogP contribution is -2.54. The number of nitrogens with zero attached hydrogens (tertiary/aromatic N) is 1. The van der Waals surface area contributed by atoms with Crippen molar-refractivity contribution in [2.75, 3.05) is 13.1 Å². The summed E-state index contributed by atoms with van der Waals surface area (Å²) < 4.78 is 0. The molecule has 0 amide bonds. The van der Waals surface area contributed by atoms with E-state index in [1.165, 1.54) is 37.9 Å². The Labute approximate surface area is 153 Å². The fourth-order valence-electron chi connectivity index (χ4n) is 6.29. The fraction of sp³-hybridized carbons (Fsp3) is 0.739. The van der Waals surface area contributed by atoms with Gasteiger partial charge in [-0.2, -0.15) is 0 Å². The lowest BCUT2D eigenvalue weighted by Gasteiger charge is -2.49. The summed E-state index contributed by atoms with van der Waals surface area (Å²) in [6, 6.07) is 11.1. The van der Waals surface area contributed by atoms with Gasteiger partial charge in [-0.1, -0.05) is 50.6 Å². The van der Waals surface area contributed by atoms with Gasteiger partial charge >= 0.3 is 0 Å². The molecule has 6 atom stereocenters. The van der Waals surface area contributed by atoms with Crippen LogP contribution in [0.25, 0.3) is 0 Å². The summed E-state index contributed by atoms with van der Waals surface area (Å²) in [7, 11) is 0. The highest BCUT2D eigenvalue weighted by Gasteiger charge is 2.59. The van der Waals surface area contributed by atoms with Gasteiger partial charge in [0.05, 0.1) is 6.10 Å².